The first-order chi connectivity index (χ1) is 16.3. The van der Waals surface area contributed by atoms with Crippen LogP contribution < -0.4 is 5.63 Å². The fourth-order valence-corrected chi connectivity index (χ4v) is 5.01. The molecule has 0 saturated heterocycles. The molecule has 168 valence electrons. The monoisotopic (exact) mass is 446 g/mol. The summed E-state index contributed by atoms with van der Waals surface area (Å²) in [5, 5.41) is 2.59. The Morgan fingerprint density at radius 1 is 0.794 bits per heavy atom. The number of aromatic amines is 2. The van der Waals surface area contributed by atoms with Crippen LogP contribution in [0.1, 0.15) is 32.0 Å². The average Bonchev–Trinajstić information content (AvgIpc) is 3.36. The summed E-state index contributed by atoms with van der Waals surface area (Å²) in [6.45, 7) is 8.63. The van der Waals surface area contributed by atoms with Crippen molar-refractivity contribution in [3.05, 3.63) is 94.5 Å². The van der Waals surface area contributed by atoms with Crippen LogP contribution in [0.5, 0.6) is 0 Å². The maximum Gasteiger partial charge on any atom is 0.346 e. The minimum Gasteiger partial charge on any atom is -0.422 e. The highest BCUT2D eigenvalue weighted by atomic mass is 16.4. The van der Waals surface area contributed by atoms with Gasteiger partial charge in [-0.25, -0.2) is 4.79 Å². The second-order valence-electron chi connectivity index (χ2n) is 10.0. The van der Waals surface area contributed by atoms with E-state index in [0.717, 1.165) is 49.9 Å². The van der Waals surface area contributed by atoms with Crippen LogP contribution in [0.4, 0.5) is 0 Å². The Hall–Kier alpha value is -4.05. The van der Waals surface area contributed by atoms with Crippen molar-refractivity contribution >= 4 is 32.8 Å². The Balaban J connectivity index is 1.82. The van der Waals surface area contributed by atoms with Crippen LogP contribution in [0.3, 0.4) is 0 Å². The Kier molecular flexibility index (Phi) is 4.37. The van der Waals surface area contributed by atoms with E-state index in [4.69, 9.17) is 4.42 Å². The summed E-state index contributed by atoms with van der Waals surface area (Å²) >= 11 is 0. The van der Waals surface area contributed by atoms with Crippen LogP contribution in [0.2, 0.25) is 0 Å². The molecule has 0 aliphatic heterocycles. The molecule has 6 aromatic rings. The first kappa shape index (κ1) is 20.5. The summed E-state index contributed by atoms with van der Waals surface area (Å²) in [6, 6.07) is 24.5. The van der Waals surface area contributed by atoms with Gasteiger partial charge in [-0.05, 0) is 41.7 Å². The molecule has 3 aromatic carbocycles. The van der Waals surface area contributed by atoms with E-state index in [1.165, 1.54) is 5.56 Å². The molecule has 6 rings (SSSR count). The number of aryl methyl sites for hydroxylation is 1. The highest BCUT2D eigenvalue weighted by molar-refractivity contribution is 6.16. The van der Waals surface area contributed by atoms with Gasteiger partial charge in [0.05, 0.1) is 16.6 Å². The molecule has 4 heteroatoms. The van der Waals surface area contributed by atoms with Crippen molar-refractivity contribution < 1.29 is 4.42 Å². The zero-order chi connectivity index (χ0) is 23.6. The minimum absolute atomic E-state index is 0.0260. The summed E-state index contributed by atoms with van der Waals surface area (Å²) in [5.41, 5.74) is 8.16. The SMILES string of the molecule is Cc1[nH]c2ccccc2c1-c1c(-c2ccccc2)[nH]c2c1c(=O)oc1ccc(C(C)(C)C)cc12. The number of H-pyrrole nitrogens is 2. The minimum atomic E-state index is -0.330. The fraction of sp³-hybridized carbons (Fsp3) is 0.167. The van der Waals surface area contributed by atoms with Crippen molar-refractivity contribution in [1.82, 2.24) is 9.97 Å². The number of hydrogen-bond acceptors (Lipinski definition) is 2. The number of para-hydroxylation sites is 1. The average molecular weight is 447 g/mol. The third-order valence-electron chi connectivity index (χ3n) is 6.73. The molecule has 0 spiro atoms. The third-order valence-corrected chi connectivity index (χ3v) is 6.73. The Morgan fingerprint density at radius 2 is 1.53 bits per heavy atom. The molecule has 0 saturated carbocycles. The lowest BCUT2D eigenvalue weighted by Gasteiger charge is -2.19. The molecule has 2 N–H and O–H groups in total. The van der Waals surface area contributed by atoms with Crippen LogP contribution >= 0.6 is 0 Å². The molecule has 34 heavy (non-hydrogen) atoms. The first-order valence-corrected chi connectivity index (χ1v) is 11.6. The van der Waals surface area contributed by atoms with E-state index in [9.17, 15) is 4.79 Å². The van der Waals surface area contributed by atoms with Gasteiger partial charge in [0.25, 0.3) is 0 Å². The maximum atomic E-state index is 13.5. The molecule has 0 aliphatic rings. The van der Waals surface area contributed by atoms with E-state index in [2.05, 4.69) is 68.0 Å². The summed E-state index contributed by atoms with van der Waals surface area (Å²) < 4.78 is 5.90. The smallest absolute Gasteiger partial charge is 0.346 e. The third kappa shape index (κ3) is 3.02. The molecule has 0 atom stereocenters. The van der Waals surface area contributed by atoms with Gasteiger partial charge in [0.2, 0.25) is 0 Å². The molecule has 0 aliphatic carbocycles. The predicted molar refractivity (Wildman–Crippen MR) is 141 cm³/mol. The van der Waals surface area contributed by atoms with Crippen molar-refractivity contribution in [2.75, 3.05) is 0 Å². The normalized spacial score (nSPS) is 12.2. The molecule has 3 aromatic heterocycles. The standard InChI is InChI=1S/C30H26N2O2/c1-17-24(20-12-8-9-13-22(20)31-17)25-26-28(32-27(25)18-10-6-5-7-11-18)21-16-19(30(2,3)4)14-15-23(21)34-29(26)33/h5-16,31-32H,1-4H3. The topological polar surface area (TPSA) is 61.8 Å². The van der Waals surface area contributed by atoms with Gasteiger partial charge in [0.15, 0.2) is 0 Å². The quantitative estimate of drug-likeness (QED) is 0.268. The van der Waals surface area contributed by atoms with E-state index >= 15 is 0 Å². The van der Waals surface area contributed by atoms with E-state index in [1.54, 1.807) is 0 Å². The lowest BCUT2D eigenvalue weighted by atomic mass is 9.86. The van der Waals surface area contributed by atoms with E-state index in [0.29, 0.717) is 11.0 Å². The van der Waals surface area contributed by atoms with Crippen LogP contribution in [-0.4, -0.2) is 9.97 Å². The van der Waals surface area contributed by atoms with Gasteiger partial charge < -0.3 is 14.4 Å². The molecule has 0 bridgehead atoms. The molecule has 0 fully saturated rings. The van der Waals surface area contributed by atoms with Crippen molar-refractivity contribution in [3.63, 3.8) is 0 Å². The van der Waals surface area contributed by atoms with Gasteiger partial charge in [0.1, 0.15) is 5.58 Å². The molecule has 0 radical (unpaired) electrons. The molecule has 4 nitrogen and oxygen atoms in total. The number of aromatic nitrogens is 2. The lowest BCUT2D eigenvalue weighted by Crippen LogP contribution is -2.11. The Bertz CT molecular complexity index is 1760. The lowest BCUT2D eigenvalue weighted by molar-refractivity contribution is 0.567. The molecule has 0 unspecified atom stereocenters. The zero-order valence-electron chi connectivity index (χ0n) is 19.7. The predicted octanol–water partition coefficient (Wildman–Crippen LogP) is 7.70. The maximum absolute atomic E-state index is 13.5. The summed E-state index contributed by atoms with van der Waals surface area (Å²) in [4.78, 5) is 20.6. The summed E-state index contributed by atoms with van der Waals surface area (Å²) in [7, 11) is 0. The molecule has 0 amide bonds. The molecular formula is C30H26N2O2. The van der Waals surface area contributed by atoms with Crippen molar-refractivity contribution in [1.29, 1.82) is 0 Å². The van der Waals surface area contributed by atoms with Gasteiger partial charge in [-0.3, -0.25) is 0 Å². The van der Waals surface area contributed by atoms with Gasteiger partial charge in [-0.1, -0.05) is 75.4 Å². The van der Waals surface area contributed by atoms with E-state index < -0.39 is 0 Å². The first-order valence-electron chi connectivity index (χ1n) is 11.6. The Morgan fingerprint density at radius 3 is 2.29 bits per heavy atom. The van der Waals surface area contributed by atoms with E-state index in [-0.39, 0.29) is 11.0 Å². The molecule has 3 heterocycles. The van der Waals surface area contributed by atoms with Gasteiger partial charge in [0, 0.05) is 33.1 Å². The van der Waals surface area contributed by atoms with E-state index in [1.807, 2.05) is 42.5 Å². The van der Waals surface area contributed by atoms with Crippen LogP contribution in [-0.2, 0) is 5.41 Å². The highest BCUT2D eigenvalue weighted by Crippen LogP contribution is 2.43. The summed E-state index contributed by atoms with van der Waals surface area (Å²) in [5.74, 6) is 0. The zero-order valence-corrected chi connectivity index (χ0v) is 19.7. The van der Waals surface area contributed by atoms with Crippen molar-refractivity contribution in [3.8, 4) is 22.4 Å². The van der Waals surface area contributed by atoms with Gasteiger partial charge in [-0.2, -0.15) is 0 Å². The number of rotatable bonds is 2. The van der Waals surface area contributed by atoms with Gasteiger partial charge >= 0.3 is 5.63 Å². The number of hydrogen-bond donors (Lipinski definition) is 2. The largest absolute Gasteiger partial charge is 0.422 e. The highest BCUT2D eigenvalue weighted by Gasteiger charge is 2.25. The van der Waals surface area contributed by atoms with Crippen LogP contribution in [0, 0.1) is 6.92 Å². The second-order valence-corrected chi connectivity index (χ2v) is 10.0. The fourth-order valence-electron chi connectivity index (χ4n) is 5.01. The number of nitrogens with one attached hydrogen (secondary N) is 2. The Labute approximate surface area is 197 Å². The summed E-state index contributed by atoms with van der Waals surface area (Å²) in [6.07, 6.45) is 0. The van der Waals surface area contributed by atoms with Gasteiger partial charge in [-0.15, -0.1) is 0 Å². The van der Waals surface area contributed by atoms with Crippen LogP contribution in [0.25, 0.3) is 55.2 Å². The molecular weight excluding hydrogens is 420 g/mol. The second kappa shape index (κ2) is 7.22. The van der Waals surface area contributed by atoms with Crippen LogP contribution in [0.15, 0.2) is 82.0 Å². The van der Waals surface area contributed by atoms with Crippen molar-refractivity contribution in [2.45, 2.75) is 33.1 Å². The van der Waals surface area contributed by atoms with Crippen molar-refractivity contribution in [2.24, 2.45) is 0 Å². The number of fused-ring (bicyclic) bond motifs is 4. The number of benzene rings is 3.